The topological polar surface area (TPSA) is 45.2 Å². The zero-order valence-electron chi connectivity index (χ0n) is 16.3. The Morgan fingerprint density at radius 2 is 1.89 bits per heavy atom. The van der Waals surface area contributed by atoms with Gasteiger partial charge in [-0.05, 0) is 32.4 Å². The molecular formula is C23H25N3OS. The number of nitrogens with one attached hydrogen (secondary N) is 1. The van der Waals surface area contributed by atoms with E-state index in [0.29, 0.717) is 12.5 Å². The minimum atomic E-state index is 0.189. The van der Waals surface area contributed by atoms with Crippen LogP contribution in [0.15, 0.2) is 54.6 Å². The summed E-state index contributed by atoms with van der Waals surface area (Å²) < 4.78 is 0. The molecule has 0 spiro atoms. The molecule has 2 aromatic carbocycles. The van der Waals surface area contributed by atoms with E-state index in [1.54, 1.807) is 11.3 Å². The lowest BCUT2D eigenvalue weighted by Crippen LogP contribution is -2.32. The number of anilines is 1. The van der Waals surface area contributed by atoms with Crippen LogP contribution in [0.5, 0.6) is 0 Å². The number of nitrogens with zero attached hydrogens (tertiary/aromatic N) is 2. The second-order valence-electron chi connectivity index (χ2n) is 7.38. The van der Waals surface area contributed by atoms with Gasteiger partial charge in [0.1, 0.15) is 0 Å². The van der Waals surface area contributed by atoms with E-state index < -0.39 is 0 Å². The number of carbonyl (C=O) groups is 1. The smallest absolute Gasteiger partial charge is 0.227 e. The van der Waals surface area contributed by atoms with Crippen LogP contribution in [0.4, 0.5) is 5.69 Å². The van der Waals surface area contributed by atoms with Crippen LogP contribution < -0.4 is 5.32 Å². The molecular weight excluding hydrogens is 366 g/mol. The number of amides is 1. The van der Waals surface area contributed by atoms with Gasteiger partial charge in [0.05, 0.1) is 17.1 Å². The summed E-state index contributed by atoms with van der Waals surface area (Å²) in [6, 6.07) is 18.9. The Balaban J connectivity index is 1.42. The Morgan fingerprint density at radius 3 is 2.64 bits per heavy atom. The zero-order chi connectivity index (χ0) is 19.5. The first-order valence-corrected chi connectivity index (χ1v) is 10.5. The van der Waals surface area contributed by atoms with Gasteiger partial charge in [-0.25, -0.2) is 4.98 Å². The van der Waals surface area contributed by atoms with Crippen molar-refractivity contribution in [3.63, 3.8) is 0 Å². The van der Waals surface area contributed by atoms with Gasteiger partial charge in [-0.3, -0.25) is 4.79 Å². The van der Waals surface area contributed by atoms with Crippen molar-refractivity contribution in [3.8, 4) is 11.3 Å². The number of rotatable bonds is 5. The standard InChI is InChI=1S/C23H25N3OS/c1-16-8-10-18(11-9-16)23-21(28-17(2)24-23)14-22(27)26-13-12-20(15-26)25-19-6-4-3-5-7-19/h3-11,20,25H,12-15H2,1-2H3. The summed E-state index contributed by atoms with van der Waals surface area (Å²) in [5.41, 5.74) is 4.38. The number of aromatic nitrogens is 1. The Kier molecular flexibility index (Phi) is 5.44. The summed E-state index contributed by atoms with van der Waals surface area (Å²) in [5, 5.41) is 4.54. The summed E-state index contributed by atoms with van der Waals surface area (Å²) in [6.07, 6.45) is 1.40. The molecule has 1 aliphatic rings. The average Bonchev–Trinajstić information content (AvgIpc) is 3.30. The lowest BCUT2D eigenvalue weighted by molar-refractivity contribution is -0.129. The molecule has 0 aliphatic carbocycles. The monoisotopic (exact) mass is 391 g/mol. The van der Waals surface area contributed by atoms with Crippen LogP contribution in [-0.2, 0) is 11.2 Å². The molecule has 144 valence electrons. The normalized spacial score (nSPS) is 16.4. The average molecular weight is 392 g/mol. The second kappa shape index (κ2) is 8.15. The Hall–Kier alpha value is -2.66. The van der Waals surface area contributed by atoms with Crippen molar-refractivity contribution in [1.29, 1.82) is 0 Å². The maximum atomic E-state index is 12.9. The van der Waals surface area contributed by atoms with E-state index in [9.17, 15) is 4.79 Å². The lowest BCUT2D eigenvalue weighted by atomic mass is 10.1. The highest BCUT2D eigenvalue weighted by Gasteiger charge is 2.27. The number of thiazole rings is 1. The molecule has 28 heavy (non-hydrogen) atoms. The number of aryl methyl sites for hydroxylation is 2. The van der Waals surface area contributed by atoms with Gasteiger partial charge in [0.25, 0.3) is 0 Å². The van der Waals surface area contributed by atoms with Gasteiger partial charge in [-0.2, -0.15) is 0 Å². The summed E-state index contributed by atoms with van der Waals surface area (Å²) in [7, 11) is 0. The van der Waals surface area contributed by atoms with E-state index >= 15 is 0 Å². The molecule has 4 rings (SSSR count). The number of hydrogen-bond donors (Lipinski definition) is 1. The third-order valence-corrected chi connectivity index (χ3v) is 6.10. The van der Waals surface area contributed by atoms with E-state index in [0.717, 1.165) is 46.3 Å². The van der Waals surface area contributed by atoms with Crippen LogP contribution in [0.1, 0.15) is 21.9 Å². The van der Waals surface area contributed by atoms with E-state index in [2.05, 4.69) is 48.6 Å². The fraction of sp³-hybridized carbons (Fsp3) is 0.304. The molecule has 1 aromatic heterocycles. The molecule has 2 heterocycles. The molecule has 1 atom stereocenters. The Bertz CT molecular complexity index is 950. The molecule has 1 aliphatic heterocycles. The number of para-hydroxylation sites is 1. The van der Waals surface area contributed by atoms with E-state index in [1.165, 1.54) is 5.56 Å². The van der Waals surface area contributed by atoms with Crippen LogP contribution in [-0.4, -0.2) is 34.9 Å². The van der Waals surface area contributed by atoms with Gasteiger partial charge in [0, 0.05) is 35.3 Å². The van der Waals surface area contributed by atoms with Gasteiger partial charge in [0.2, 0.25) is 5.91 Å². The highest BCUT2D eigenvalue weighted by Crippen LogP contribution is 2.29. The fourth-order valence-corrected chi connectivity index (χ4v) is 4.60. The van der Waals surface area contributed by atoms with Crippen molar-refractivity contribution < 1.29 is 4.79 Å². The molecule has 1 amide bonds. The Morgan fingerprint density at radius 1 is 1.14 bits per heavy atom. The first-order valence-electron chi connectivity index (χ1n) is 9.71. The van der Waals surface area contributed by atoms with Gasteiger partial charge < -0.3 is 10.2 Å². The zero-order valence-corrected chi connectivity index (χ0v) is 17.1. The summed E-state index contributed by atoms with van der Waals surface area (Å²) in [6.45, 7) is 5.64. The van der Waals surface area contributed by atoms with Crippen LogP contribution in [0, 0.1) is 13.8 Å². The van der Waals surface area contributed by atoms with E-state index in [4.69, 9.17) is 4.98 Å². The van der Waals surface area contributed by atoms with Crippen LogP contribution >= 0.6 is 11.3 Å². The predicted octanol–water partition coefficient (Wildman–Crippen LogP) is 4.68. The van der Waals surface area contributed by atoms with Gasteiger partial charge in [-0.1, -0.05) is 48.0 Å². The molecule has 0 bridgehead atoms. The Labute approximate surface area is 170 Å². The lowest BCUT2D eigenvalue weighted by Gasteiger charge is -2.18. The third kappa shape index (κ3) is 4.25. The minimum absolute atomic E-state index is 0.189. The molecule has 1 saturated heterocycles. The summed E-state index contributed by atoms with van der Waals surface area (Å²) in [5.74, 6) is 0.189. The van der Waals surface area contributed by atoms with Crippen molar-refractivity contribution in [2.45, 2.75) is 32.7 Å². The molecule has 1 N–H and O–H groups in total. The van der Waals surface area contributed by atoms with Gasteiger partial charge >= 0.3 is 0 Å². The van der Waals surface area contributed by atoms with Crippen molar-refractivity contribution in [2.75, 3.05) is 18.4 Å². The van der Waals surface area contributed by atoms with E-state index in [-0.39, 0.29) is 5.91 Å². The van der Waals surface area contributed by atoms with Crippen molar-refractivity contribution in [3.05, 3.63) is 70.0 Å². The highest BCUT2D eigenvalue weighted by molar-refractivity contribution is 7.12. The summed E-state index contributed by atoms with van der Waals surface area (Å²) in [4.78, 5) is 20.7. The van der Waals surface area contributed by atoms with Crippen LogP contribution in [0.3, 0.4) is 0 Å². The predicted molar refractivity (Wildman–Crippen MR) is 116 cm³/mol. The number of carbonyl (C=O) groups excluding carboxylic acids is 1. The molecule has 5 heteroatoms. The largest absolute Gasteiger partial charge is 0.380 e. The fourth-order valence-electron chi connectivity index (χ4n) is 3.65. The van der Waals surface area contributed by atoms with Crippen LogP contribution in [0.2, 0.25) is 0 Å². The molecule has 1 fully saturated rings. The van der Waals surface area contributed by atoms with Crippen molar-refractivity contribution in [1.82, 2.24) is 9.88 Å². The minimum Gasteiger partial charge on any atom is -0.380 e. The third-order valence-electron chi connectivity index (χ3n) is 5.13. The first-order chi connectivity index (χ1) is 13.6. The number of benzene rings is 2. The first kappa shape index (κ1) is 18.7. The molecule has 4 nitrogen and oxygen atoms in total. The quantitative estimate of drug-likeness (QED) is 0.687. The molecule has 3 aromatic rings. The van der Waals surface area contributed by atoms with Gasteiger partial charge in [-0.15, -0.1) is 11.3 Å². The van der Waals surface area contributed by atoms with Crippen molar-refractivity contribution >= 4 is 22.9 Å². The number of likely N-dealkylation sites (tertiary alicyclic amines) is 1. The van der Waals surface area contributed by atoms with E-state index in [1.807, 2.05) is 30.0 Å². The maximum absolute atomic E-state index is 12.9. The maximum Gasteiger partial charge on any atom is 0.227 e. The summed E-state index contributed by atoms with van der Waals surface area (Å²) >= 11 is 1.63. The highest BCUT2D eigenvalue weighted by atomic mass is 32.1. The molecule has 0 radical (unpaired) electrons. The number of hydrogen-bond acceptors (Lipinski definition) is 4. The molecule has 0 saturated carbocycles. The second-order valence-corrected chi connectivity index (χ2v) is 8.67. The van der Waals surface area contributed by atoms with Gasteiger partial charge in [0.15, 0.2) is 0 Å². The molecule has 1 unspecified atom stereocenters. The SMILES string of the molecule is Cc1ccc(-c2nc(C)sc2CC(=O)N2CCC(Nc3ccccc3)C2)cc1. The van der Waals surface area contributed by atoms with Crippen molar-refractivity contribution in [2.24, 2.45) is 0 Å². The van der Waals surface area contributed by atoms with Crippen LogP contribution in [0.25, 0.3) is 11.3 Å².